The van der Waals surface area contributed by atoms with Crippen molar-refractivity contribution in [1.82, 2.24) is 0 Å². The molecule has 10 nitrogen and oxygen atoms in total. The van der Waals surface area contributed by atoms with Crippen LogP contribution in [0.1, 0.15) is 21.5 Å². The number of carbonyl (C=O) groups is 1. The molecule has 11 heteroatoms. The molecule has 0 saturated heterocycles. The van der Waals surface area contributed by atoms with Crippen LogP contribution in [0, 0.1) is 6.92 Å². The molecule has 0 aliphatic carbocycles. The van der Waals surface area contributed by atoms with Crippen LogP contribution in [-0.4, -0.2) is 37.5 Å². The number of hydrazone groups is 1. The lowest BCUT2D eigenvalue weighted by Crippen LogP contribution is -2.06. The van der Waals surface area contributed by atoms with E-state index in [4.69, 9.17) is 0 Å². The van der Waals surface area contributed by atoms with Crippen molar-refractivity contribution in [2.24, 2.45) is 15.3 Å². The van der Waals surface area contributed by atoms with E-state index in [1.54, 1.807) is 42.5 Å². The van der Waals surface area contributed by atoms with Gasteiger partial charge >= 0.3 is 5.97 Å². The Labute approximate surface area is 190 Å². The first-order valence-corrected chi connectivity index (χ1v) is 10.9. The van der Waals surface area contributed by atoms with Gasteiger partial charge in [-0.2, -0.15) is 13.5 Å². The Hall–Kier alpha value is -4.09. The molecule has 3 aromatic rings. The highest BCUT2D eigenvalue weighted by Crippen LogP contribution is 2.31. The van der Waals surface area contributed by atoms with Crippen LogP contribution in [0.25, 0.3) is 0 Å². The smallest absolute Gasteiger partial charge is 0.337 e. The van der Waals surface area contributed by atoms with Crippen molar-refractivity contribution >= 4 is 33.3 Å². The van der Waals surface area contributed by atoms with Gasteiger partial charge in [0, 0.05) is 5.56 Å². The zero-order chi connectivity index (χ0) is 24.0. The molecule has 0 fully saturated rings. The number of rotatable bonds is 7. The number of phenolic OH excluding ortho intramolecular Hbond substituents is 1. The van der Waals surface area contributed by atoms with Gasteiger partial charge in [-0.05, 0) is 36.8 Å². The van der Waals surface area contributed by atoms with Crippen molar-refractivity contribution in [3.8, 4) is 5.75 Å². The number of phenols is 1. The van der Waals surface area contributed by atoms with Gasteiger partial charge in [0.05, 0.1) is 23.3 Å². The molecule has 0 saturated carbocycles. The van der Waals surface area contributed by atoms with Crippen LogP contribution in [0.15, 0.2) is 87.0 Å². The van der Waals surface area contributed by atoms with Crippen LogP contribution in [0.4, 0.5) is 11.4 Å². The number of aryl methyl sites for hydroxylation is 1. The normalized spacial score (nSPS) is 12.1. The minimum Gasteiger partial charge on any atom is -0.505 e. The lowest BCUT2D eigenvalue weighted by atomic mass is 10.2. The monoisotopic (exact) mass is 468 g/mol. The maximum absolute atomic E-state index is 12.1. The summed E-state index contributed by atoms with van der Waals surface area (Å²) in [7, 11) is -2.97. The lowest BCUT2D eigenvalue weighted by Gasteiger charge is -2.10. The van der Waals surface area contributed by atoms with Crippen LogP contribution in [0.5, 0.6) is 5.75 Å². The Morgan fingerprint density at radius 1 is 1.03 bits per heavy atom. The summed E-state index contributed by atoms with van der Waals surface area (Å²) in [4.78, 5) is 11.3. The van der Waals surface area contributed by atoms with Crippen molar-refractivity contribution in [3.63, 3.8) is 0 Å². The molecule has 0 aromatic heterocycles. The molecule has 0 unspecified atom stereocenters. The summed E-state index contributed by atoms with van der Waals surface area (Å²) in [5.74, 6) is -1.31. The maximum atomic E-state index is 12.1. The van der Waals surface area contributed by atoms with Gasteiger partial charge in [0.2, 0.25) is 5.84 Å². The quantitative estimate of drug-likeness (QED) is 0.117. The van der Waals surface area contributed by atoms with E-state index in [1.807, 2.05) is 0 Å². The molecule has 0 aliphatic rings. The first-order valence-electron chi connectivity index (χ1n) is 9.50. The molecule has 0 bridgehead atoms. The van der Waals surface area contributed by atoms with Gasteiger partial charge in [-0.1, -0.05) is 42.5 Å². The second kappa shape index (κ2) is 10.0. The molecule has 0 amide bonds. The highest BCUT2D eigenvalue weighted by molar-refractivity contribution is 7.86. The number of aromatic hydroxyl groups is 1. The number of nitrogens with zero attached hydrogens (tertiary/aromatic N) is 3. The van der Waals surface area contributed by atoms with Crippen molar-refractivity contribution in [2.75, 3.05) is 12.5 Å². The molecular weight excluding hydrogens is 448 g/mol. The highest BCUT2D eigenvalue weighted by Gasteiger charge is 2.18. The molecule has 0 spiro atoms. The highest BCUT2D eigenvalue weighted by atomic mass is 32.2. The number of benzene rings is 3. The summed E-state index contributed by atoms with van der Waals surface area (Å²) in [5.41, 5.74) is 3.52. The fourth-order valence-electron chi connectivity index (χ4n) is 2.76. The Kier molecular flexibility index (Phi) is 7.16. The summed E-state index contributed by atoms with van der Waals surface area (Å²) in [5, 5.41) is 32.0. The fourth-order valence-corrected chi connectivity index (χ4v) is 3.54. The van der Waals surface area contributed by atoms with Crippen LogP contribution in [0.3, 0.4) is 0 Å². The van der Waals surface area contributed by atoms with Gasteiger partial charge < -0.3 is 10.2 Å². The number of carboxylic acid groups (broad SMARTS) is 1. The molecule has 3 N–H and O–H groups in total. The molecule has 3 aromatic carbocycles. The van der Waals surface area contributed by atoms with Crippen molar-refractivity contribution in [1.29, 1.82) is 0 Å². The molecular formula is C22H20N4O6S. The summed E-state index contributed by atoms with van der Waals surface area (Å²) in [6.07, 6.45) is 0. The predicted octanol–water partition coefficient (Wildman–Crippen LogP) is 4.29. The van der Waals surface area contributed by atoms with E-state index in [0.717, 1.165) is 7.11 Å². The first-order chi connectivity index (χ1) is 15.7. The Balaban J connectivity index is 2.04. The van der Waals surface area contributed by atoms with E-state index in [9.17, 15) is 23.4 Å². The largest absolute Gasteiger partial charge is 0.505 e. The van der Waals surface area contributed by atoms with Crippen LogP contribution < -0.4 is 5.43 Å². The third-order valence-corrected chi connectivity index (χ3v) is 5.74. The number of anilines is 1. The van der Waals surface area contributed by atoms with Crippen LogP contribution in [-0.2, 0) is 14.3 Å². The van der Waals surface area contributed by atoms with E-state index in [1.165, 1.54) is 31.2 Å². The third kappa shape index (κ3) is 5.59. The second-order valence-electron chi connectivity index (χ2n) is 6.69. The van der Waals surface area contributed by atoms with E-state index in [2.05, 4.69) is 24.9 Å². The van der Waals surface area contributed by atoms with Gasteiger partial charge in [0.25, 0.3) is 10.1 Å². The zero-order valence-corrected chi connectivity index (χ0v) is 18.4. The summed E-state index contributed by atoms with van der Waals surface area (Å²) < 4.78 is 28.7. The fraction of sp³-hybridized carbons (Fsp3) is 0.0909. The third-order valence-electron chi connectivity index (χ3n) is 4.48. The average molecular weight is 468 g/mol. The van der Waals surface area contributed by atoms with Gasteiger partial charge in [-0.15, -0.1) is 10.2 Å². The molecule has 0 heterocycles. The van der Waals surface area contributed by atoms with Gasteiger partial charge in [-0.25, -0.2) is 4.79 Å². The Morgan fingerprint density at radius 3 is 2.36 bits per heavy atom. The van der Waals surface area contributed by atoms with E-state index < -0.39 is 16.1 Å². The van der Waals surface area contributed by atoms with Gasteiger partial charge in [-0.3, -0.25) is 9.61 Å². The van der Waals surface area contributed by atoms with Crippen LogP contribution in [0.2, 0.25) is 0 Å². The first kappa shape index (κ1) is 23.6. The number of hydrogen-bond acceptors (Lipinski definition) is 8. The minimum atomic E-state index is -4.01. The number of carboxylic acids is 1. The Bertz CT molecular complexity index is 1340. The van der Waals surface area contributed by atoms with Crippen molar-refractivity contribution < 1.29 is 27.6 Å². The van der Waals surface area contributed by atoms with E-state index in [-0.39, 0.29) is 39.0 Å². The van der Waals surface area contributed by atoms with E-state index in [0.29, 0.717) is 5.56 Å². The molecule has 0 radical (unpaired) electrons. The minimum absolute atomic E-state index is 0.000178. The number of nitrogens with one attached hydrogen (secondary N) is 1. The van der Waals surface area contributed by atoms with Gasteiger partial charge in [0.1, 0.15) is 11.4 Å². The van der Waals surface area contributed by atoms with Crippen LogP contribution >= 0.6 is 0 Å². The zero-order valence-electron chi connectivity index (χ0n) is 17.6. The van der Waals surface area contributed by atoms with E-state index >= 15 is 0 Å². The lowest BCUT2D eigenvalue weighted by molar-refractivity contribution is 0.0697. The number of aromatic carboxylic acids is 1. The standard InChI is InChI=1S/C22H20N4O6S/c1-14-12-16(33(30,31)32-2)13-19(20(14)27)24-26-21(15-8-4-3-5-9-15)25-23-18-11-7-6-10-17(18)22(28)29/h3-13,24,27H,1-2H3,(H,28,29). The molecule has 0 aliphatic heterocycles. The SMILES string of the molecule is COS(=O)(=O)c1cc(C)c(O)c(NN=C(N=Nc2ccccc2C(=O)O)c2ccccc2)c1. The predicted molar refractivity (Wildman–Crippen MR) is 122 cm³/mol. The summed E-state index contributed by atoms with van der Waals surface area (Å²) >= 11 is 0. The molecule has 33 heavy (non-hydrogen) atoms. The van der Waals surface area contributed by atoms with Crippen molar-refractivity contribution in [3.05, 3.63) is 83.4 Å². The summed E-state index contributed by atoms with van der Waals surface area (Å²) in [6.45, 7) is 1.53. The number of hydrogen-bond donors (Lipinski definition) is 3. The molecule has 170 valence electrons. The molecule has 0 atom stereocenters. The van der Waals surface area contributed by atoms with Crippen molar-refractivity contribution in [2.45, 2.75) is 11.8 Å². The average Bonchev–Trinajstić information content (AvgIpc) is 2.82. The molecule has 3 rings (SSSR count). The summed E-state index contributed by atoms with van der Waals surface area (Å²) in [6, 6.07) is 17.2. The van der Waals surface area contributed by atoms with Gasteiger partial charge in [0.15, 0.2) is 0 Å². The topological polar surface area (TPSA) is 150 Å². The maximum Gasteiger partial charge on any atom is 0.337 e. The number of amidine groups is 1. The Morgan fingerprint density at radius 2 is 1.70 bits per heavy atom. The second-order valence-corrected chi connectivity index (χ2v) is 8.41. The number of azo groups is 1.